The van der Waals surface area contributed by atoms with Gasteiger partial charge in [0.1, 0.15) is 12.3 Å². The number of para-hydroxylation sites is 1. The van der Waals surface area contributed by atoms with E-state index < -0.39 is 0 Å². The largest absolute Gasteiger partial charge is 0.485 e. The van der Waals surface area contributed by atoms with Crippen LogP contribution >= 0.6 is 11.6 Å². The first kappa shape index (κ1) is 15.9. The minimum atomic E-state index is -0.273. The van der Waals surface area contributed by atoms with Gasteiger partial charge in [-0.05, 0) is 35.5 Å². The van der Waals surface area contributed by atoms with E-state index in [2.05, 4.69) is 20.7 Å². The molecule has 2 aromatic carbocycles. The number of nitrogens with zero attached hydrogens (tertiary/aromatic N) is 4. The third-order valence-corrected chi connectivity index (χ3v) is 3.23. The van der Waals surface area contributed by atoms with E-state index in [9.17, 15) is 4.79 Å². The van der Waals surface area contributed by atoms with Gasteiger partial charge in [-0.25, -0.2) is 0 Å². The smallest absolute Gasteiger partial charge is 0.248 e. The Hall–Kier alpha value is -2.93. The van der Waals surface area contributed by atoms with E-state index in [1.165, 1.54) is 4.80 Å². The summed E-state index contributed by atoms with van der Waals surface area (Å²) in [4.78, 5) is 13.2. The molecule has 0 saturated heterocycles. The fourth-order valence-corrected chi connectivity index (χ4v) is 2.15. The number of halogens is 1. The molecule has 0 fully saturated rings. The molecule has 3 aromatic rings. The maximum absolute atomic E-state index is 12.0. The molecule has 0 bridgehead atoms. The van der Waals surface area contributed by atoms with Gasteiger partial charge in [0, 0.05) is 10.7 Å². The van der Waals surface area contributed by atoms with Crippen molar-refractivity contribution in [1.82, 2.24) is 20.2 Å². The Labute approximate surface area is 143 Å². The van der Waals surface area contributed by atoms with Gasteiger partial charge in [0.15, 0.2) is 6.61 Å². The second-order valence-electron chi connectivity index (χ2n) is 4.90. The molecule has 0 unspecified atom stereocenters. The number of tetrazole rings is 1. The molecule has 0 saturated carbocycles. The van der Waals surface area contributed by atoms with Gasteiger partial charge < -0.3 is 10.1 Å². The Morgan fingerprint density at radius 3 is 2.79 bits per heavy atom. The number of hydrogen-bond donors (Lipinski definition) is 1. The first-order chi connectivity index (χ1) is 11.7. The number of carbonyl (C=O) groups excluding carboxylic acids is 1. The van der Waals surface area contributed by atoms with Gasteiger partial charge in [-0.2, -0.15) is 4.80 Å². The van der Waals surface area contributed by atoms with Gasteiger partial charge >= 0.3 is 0 Å². The predicted octanol–water partition coefficient (Wildman–Crippen LogP) is 2.54. The van der Waals surface area contributed by atoms with Crippen LogP contribution in [0.15, 0.2) is 54.6 Å². The van der Waals surface area contributed by atoms with E-state index in [1.54, 1.807) is 24.3 Å². The predicted molar refractivity (Wildman–Crippen MR) is 88.7 cm³/mol. The van der Waals surface area contributed by atoms with Crippen LogP contribution in [0.25, 0.3) is 0 Å². The van der Waals surface area contributed by atoms with Crippen molar-refractivity contribution in [3.63, 3.8) is 0 Å². The molecule has 24 heavy (non-hydrogen) atoms. The van der Waals surface area contributed by atoms with Crippen molar-refractivity contribution in [2.24, 2.45) is 0 Å². The monoisotopic (exact) mass is 343 g/mol. The molecule has 0 aliphatic carbocycles. The highest BCUT2D eigenvalue weighted by Gasteiger charge is 2.09. The number of anilines is 1. The Morgan fingerprint density at radius 2 is 2.00 bits per heavy atom. The molecule has 0 atom stereocenters. The second-order valence-corrected chi connectivity index (χ2v) is 5.33. The van der Waals surface area contributed by atoms with Gasteiger partial charge in [0.2, 0.25) is 11.7 Å². The molecule has 8 heteroatoms. The summed E-state index contributed by atoms with van der Waals surface area (Å²) in [6, 6.07) is 16.2. The summed E-state index contributed by atoms with van der Waals surface area (Å²) in [5.74, 6) is 0.840. The third-order valence-electron chi connectivity index (χ3n) is 3.00. The van der Waals surface area contributed by atoms with E-state index in [1.807, 2.05) is 30.3 Å². The summed E-state index contributed by atoms with van der Waals surface area (Å²) in [5.41, 5.74) is 0.611. The Kier molecular flexibility index (Phi) is 5.02. The van der Waals surface area contributed by atoms with Crippen LogP contribution in [-0.4, -0.2) is 26.1 Å². The lowest BCUT2D eigenvalue weighted by Crippen LogP contribution is -2.20. The molecule has 0 aliphatic rings. The topological polar surface area (TPSA) is 81.9 Å². The molecule has 122 valence electrons. The standard InChI is InChI=1S/C16H14ClN5O2/c17-12-5-4-6-13(9-12)18-16(23)10-22-20-15(19-21-22)11-24-14-7-2-1-3-8-14/h1-9H,10-11H2,(H,18,23). The molecule has 0 radical (unpaired) electrons. The van der Waals surface area contributed by atoms with Crippen LogP contribution in [0.2, 0.25) is 5.02 Å². The summed E-state index contributed by atoms with van der Waals surface area (Å²) in [5, 5.41) is 15.1. The fourth-order valence-electron chi connectivity index (χ4n) is 1.96. The van der Waals surface area contributed by atoms with Crippen molar-refractivity contribution < 1.29 is 9.53 Å². The molecule has 1 aromatic heterocycles. The lowest BCUT2D eigenvalue weighted by atomic mass is 10.3. The zero-order valence-corrected chi connectivity index (χ0v) is 13.3. The zero-order valence-electron chi connectivity index (χ0n) is 12.6. The third kappa shape index (κ3) is 4.53. The van der Waals surface area contributed by atoms with Gasteiger partial charge in [-0.15, -0.1) is 10.2 Å². The van der Waals surface area contributed by atoms with Crippen molar-refractivity contribution in [2.45, 2.75) is 13.2 Å². The Balaban J connectivity index is 1.53. The van der Waals surface area contributed by atoms with Crippen molar-refractivity contribution >= 4 is 23.2 Å². The average molecular weight is 344 g/mol. The van der Waals surface area contributed by atoms with E-state index in [0.717, 1.165) is 0 Å². The molecule has 0 aliphatic heterocycles. The van der Waals surface area contributed by atoms with Gasteiger partial charge in [0.25, 0.3) is 0 Å². The summed E-state index contributed by atoms with van der Waals surface area (Å²) in [6.07, 6.45) is 0. The number of carbonyl (C=O) groups is 1. The average Bonchev–Trinajstić information content (AvgIpc) is 3.01. The molecule has 7 nitrogen and oxygen atoms in total. The number of hydrogen-bond acceptors (Lipinski definition) is 5. The van der Waals surface area contributed by atoms with E-state index >= 15 is 0 Å². The lowest BCUT2D eigenvalue weighted by Gasteiger charge is -2.04. The molecular weight excluding hydrogens is 330 g/mol. The number of nitrogens with one attached hydrogen (secondary N) is 1. The lowest BCUT2D eigenvalue weighted by molar-refractivity contribution is -0.117. The summed E-state index contributed by atoms with van der Waals surface area (Å²) >= 11 is 5.87. The van der Waals surface area contributed by atoms with Crippen molar-refractivity contribution in [1.29, 1.82) is 0 Å². The van der Waals surface area contributed by atoms with Gasteiger partial charge in [0.05, 0.1) is 0 Å². The Bertz CT molecular complexity index is 822. The number of benzene rings is 2. The van der Waals surface area contributed by atoms with E-state index in [-0.39, 0.29) is 19.1 Å². The van der Waals surface area contributed by atoms with Crippen LogP contribution in [0.1, 0.15) is 5.82 Å². The summed E-state index contributed by atoms with van der Waals surface area (Å²) in [6.45, 7) is 0.130. The van der Waals surface area contributed by atoms with Gasteiger partial charge in [-0.1, -0.05) is 35.9 Å². The number of ether oxygens (including phenoxy) is 1. The maximum atomic E-state index is 12.0. The summed E-state index contributed by atoms with van der Waals surface area (Å²) < 4.78 is 5.53. The summed E-state index contributed by atoms with van der Waals surface area (Å²) in [7, 11) is 0. The zero-order chi connectivity index (χ0) is 16.8. The molecular formula is C16H14ClN5O2. The second kappa shape index (κ2) is 7.56. The fraction of sp³-hybridized carbons (Fsp3) is 0.125. The molecule has 3 rings (SSSR count). The highest BCUT2D eigenvalue weighted by Crippen LogP contribution is 2.14. The normalized spacial score (nSPS) is 10.4. The number of rotatable bonds is 6. The molecule has 1 N–H and O–H groups in total. The van der Waals surface area contributed by atoms with Crippen LogP contribution < -0.4 is 10.1 Å². The van der Waals surface area contributed by atoms with Crippen molar-refractivity contribution in [2.75, 3.05) is 5.32 Å². The van der Waals surface area contributed by atoms with Crippen LogP contribution in [0.4, 0.5) is 5.69 Å². The first-order valence-corrected chi connectivity index (χ1v) is 7.57. The molecule has 0 spiro atoms. The highest BCUT2D eigenvalue weighted by atomic mass is 35.5. The SMILES string of the molecule is O=C(Cn1nnc(COc2ccccc2)n1)Nc1cccc(Cl)c1. The maximum Gasteiger partial charge on any atom is 0.248 e. The molecule has 1 heterocycles. The first-order valence-electron chi connectivity index (χ1n) is 7.19. The van der Waals surface area contributed by atoms with Crippen molar-refractivity contribution in [3.8, 4) is 5.75 Å². The quantitative estimate of drug-likeness (QED) is 0.743. The van der Waals surface area contributed by atoms with Crippen LogP contribution in [0.3, 0.4) is 0 Å². The molecule has 1 amide bonds. The minimum Gasteiger partial charge on any atom is -0.485 e. The highest BCUT2D eigenvalue weighted by molar-refractivity contribution is 6.30. The van der Waals surface area contributed by atoms with Crippen LogP contribution in [-0.2, 0) is 17.9 Å². The van der Waals surface area contributed by atoms with Crippen LogP contribution in [0.5, 0.6) is 5.75 Å². The van der Waals surface area contributed by atoms with Gasteiger partial charge in [-0.3, -0.25) is 4.79 Å². The van der Waals surface area contributed by atoms with Crippen LogP contribution in [0, 0.1) is 0 Å². The Morgan fingerprint density at radius 1 is 1.17 bits per heavy atom. The number of amides is 1. The van der Waals surface area contributed by atoms with E-state index in [0.29, 0.717) is 22.3 Å². The van der Waals surface area contributed by atoms with Crippen molar-refractivity contribution in [3.05, 3.63) is 65.4 Å². The van der Waals surface area contributed by atoms with E-state index in [4.69, 9.17) is 16.3 Å². The number of aromatic nitrogens is 4. The minimum absolute atomic E-state index is 0.0507.